The lowest BCUT2D eigenvalue weighted by Gasteiger charge is -2.44. The molecule has 2 aliphatic rings. The summed E-state index contributed by atoms with van der Waals surface area (Å²) in [5.74, 6) is 0. The zero-order valence-electron chi connectivity index (χ0n) is 10.6. The quantitative estimate of drug-likeness (QED) is 0.705. The van der Waals surface area contributed by atoms with Crippen molar-refractivity contribution in [2.75, 3.05) is 27.9 Å². The molecule has 0 amide bonds. The number of nitrogens with zero attached hydrogens (tertiary/aromatic N) is 2. The van der Waals surface area contributed by atoms with E-state index in [1.807, 2.05) is 12.1 Å². The first kappa shape index (κ1) is 10.6. The predicted molar refractivity (Wildman–Crippen MR) is 78.9 cm³/mol. The maximum atomic E-state index is 5.91. The molecule has 0 fully saturated rings. The second-order valence-electron chi connectivity index (χ2n) is 5.31. The fourth-order valence-electron chi connectivity index (χ4n) is 3.06. The van der Waals surface area contributed by atoms with Gasteiger partial charge >= 0.3 is 0 Å². The van der Waals surface area contributed by atoms with E-state index in [4.69, 9.17) is 11.5 Å². The van der Waals surface area contributed by atoms with Gasteiger partial charge in [-0.3, -0.25) is 0 Å². The Morgan fingerprint density at radius 2 is 1.21 bits per heavy atom. The largest absolute Gasteiger partial charge is 0.399 e. The second kappa shape index (κ2) is 3.57. The van der Waals surface area contributed by atoms with E-state index in [-0.39, 0.29) is 0 Å². The van der Waals surface area contributed by atoms with E-state index in [9.17, 15) is 0 Å². The van der Waals surface area contributed by atoms with Crippen molar-refractivity contribution in [3.8, 4) is 0 Å². The third-order valence-corrected chi connectivity index (χ3v) is 3.96. The highest BCUT2D eigenvalue weighted by Crippen LogP contribution is 2.39. The molecule has 96 valence electrons. The summed E-state index contributed by atoms with van der Waals surface area (Å²) in [5, 5.41) is 0. The zero-order chi connectivity index (χ0) is 13.0. The lowest BCUT2D eigenvalue weighted by molar-refractivity contribution is 0.651. The van der Waals surface area contributed by atoms with Crippen LogP contribution in [0.15, 0.2) is 36.4 Å². The molecule has 19 heavy (non-hydrogen) atoms. The molecule has 4 rings (SSSR count). The van der Waals surface area contributed by atoms with Gasteiger partial charge in [-0.2, -0.15) is 0 Å². The molecule has 0 saturated carbocycles. The fraction of sp³-hybridized carbons (Fsp3) is 0.200. The van der Waals surface area contributed by atoms with Crippen molar-refractivity contribution in [2.45, 2.75) is 13.1 Å². The first-order valence-corrected chi connectivity index (χ1v) is 6.47. The minimum absolute atomic E-state index is 0.829. The minimum Gasteiger partial charge on any atom is -0.399 e. The highest BCUT2D eigenvalue weighted by Gasteiger charge is 2.29. The topological polar surface area (TPSA) is 58.5 Å². The Morgan fingerprint density at radius 1 is 0.737 bits per heavy atom. The second-order valence-corrected chi connectivity index (χ2v) is 5.31. The van der Waals surface area contributed by atoms with Crippen molar-refractivity contribution in [1.82, 2.24) is 0 Å². The predicted octanol–water partition coefficient (Wildman–Crippen LogP) is 2.15. The van der Waals surface area contributed by atoms with Gasteiger partial charge in [-0.1, -0.05) is 12.1 Å². The van der Waals surface area contributed by atoms with Crippen molar-refractivity contribution in [1.29, 1.82) is 0 Å². The Kier molecular flexibility index (Phi) is 1.98. The summed E-state index contributed by atoms with van der Waals surface area (Å²) in [6, 6.07) is 12.4. The average Bonchev–Trinajstić information content (AvgIpc) is 2.41. The summed E-state index contributed by atoms with van der Waals surface area (Å²) in [4.78, 5) is 4.74. The first-order chi connectivity index (χ1) is 9.20. The Morgan fingerprint density at radius 3 is 1.68 bits per heavy atom. The van der Waals surface area contributed by atoms with Crippen LogP contribution in [0.3, 0.4) is 0 Å². The highest BCUT2D eigenvalue weighted by atomic mass is 15.4. The summed E-state index contributed by atoms with van der Waals surface area (Å²) in [7, 11) is 0. The van der Waals surface area contributed by atoms with E-state index >= 15 is 0 Å². The van der Waals surface area contributed by atoms with Gasteiger partial charge in [-0.05, 0) is 35.4 Å². The van der Waals surface area contributed by atoms with Gasteiger partial charge in [0.1, 0.15) is 0 Å². The van der Waals surface area contributed by atoms with Crippen LogP contribution < -0.4 is 21.3 Å². The number of fused-ring (bicyclic) bond motifs is 6. The van der Waals surface area contributed by atoms with Gasteiger partial charge in [0.25, 0.3) is 0 Å². The van der Waals surface area contributed by atoms with Crippen molar-refractivity contribution < 1.29 is 0 Å². The monoisotopic (exact) mass is 252 g/mol. The third-order valence-electron chi connectivity index (χ3n) is 3.96. The van der Waals surface area contributed by atoms with Crippen LogP contribution in [0, 0.1) is 0 Å². The standard InChI is InChI=1S/C15H16N4/c16-12-3-1-10-7-18-9-19(14(10)5-12)8-11-2-4-13(17)6-15(11)18/h1-6H,7-9,16-17H2. The van der Waals surface area contributed by atoms with Gasteiger partial charge in [-0.15, -0.1) is 0 Å². The molecular formula is C15H16N4. The molecule has 2 bridgehead atoms. The number of anilines is 4. The summed E-state index contributed by atoms with van der Waals surface area (Å²) < 4.78 is 0. The summed E-state index contributed by atoms with van der Waals surface area (Å²) >= 11 is 0. The van der Waals surface area contributed by atoms with Crippen molar-refractivity contribution in [3.05, 3.63) is 47.5 Å². The molecule has 0 spiro atoms. The van der Waals surface area contributed by atoms with E-state index in [0.29, 0.717) is 0 Å². The van der Waals surface area contributed by atoms with E-state index in [2.05, 4.69) is 34.1 Å². The van der Waals surface area contributed by atoms with Gasteiger partial charge in [0, 0.05) is 35.8 Å². The van der Waals surface area contributed by atoms with E-state index in [1.165, 1.54) is 22.5 Å². The van der Waals surface area contributed by atoms with E-state index < -0.39 is 0 Å². The normalized spacial score (nSPS) is 16.0. The SMILES string of the molecule is Nc1ccc2c(c1)N1Cc3ccc(N)cc3N(C2)C1. The molecule has 0 radical (unpaired) electrons. The molecule has 2 aromatic carbocycles. The zero-order valence-corrected chi connectivity index (χ0v) is 10.6. The molecule has 0 atom stereocenters. The van der Waals surface area contributed by atoms with E-state index in [1.54, 1.807) is 0 Å². The number of nitrogens with two attached hydrogens (primary N) is 2. The molecule has 4 N–H and O–H groups in total. The molecule has 0 aromatic heterocycles. The molecule has 0 aliphatic carbocycles. The van der Waals surface area contributed by atoms with E-state index in [0.717, 1.165) is 31.1 Å². The molecule has 0 saturated heterocycles. The van der Waals surface area contributed by atoms with Crippen molar-refractivity contribution in [3.63, 3.8) is 0 Å². The Balaban J connectivity index is 1.84. The summed E-state index contributed by atoms with van der Waals surface area (Å²) in [5.41, 5.74) is 18.7. The van der Waals surface area contributed by atoms with Gasteiger partial charge < -0.3 is 21.3 Å². The summed E-state index contributed by atoms with van der Waals surface area (Å²) in [6.07, 6.45) is 0. The fourth-order valence-corrected chi connectivity index (χ4v) is 3.06. The van der Waals surface area contributed by atoms with Gasteiger partial charge in [-0.25, -0.2) is 0 Å². The van der Waals surface area contributed by atoms with Crippen LogP contribution in [-0.2, 0) is 13.1 Å². The summed E-state index contributed by atoms with van der Waals surface area (Å²) in [6.45, 7) is 2.75. The van der Waals surface area contributed by atoms with Crippen LogP contribution in [-0.4, -0.2) is 6.67 Å². The van der Waals surface area contributed by atoms with Crippen LogP contribution in [0.1, 0.15) is 11.1 Å². The maximum Gasteiger partial charge on any atom is 0.0910 e. The van der Waals surface area contributed by atoms with Crippen LogP contribution in [0.4, 0.5) is 22.7 Å². The lowest BCUT2D eigenvalue weighted by Crippen LogP contribution is -2.46. The Bertz CT molecular complexity index is 608. The Hall–Kier alpha value is -2.36. The molecule has 2 aromatic rings. The number of nitrogen functional groups attached to an aromatic ring is 2. The van der Waals surface area contributed by atoms with Gasteiger partial charge in [0.05, 0.1) is 6.67 Å². The number of hydrogen-bond acceptors (Lipinski definition) is 4. The van der Waals surface area contributed by atoms with Crippen molar-refractivity contribution >= 4 is 22.7 Å². The maximum absolute atomic E-state index is 5.91. The Labute approximate surface area is 112 Å². The van der Waals surface area contributed by atoms with Crippen LogP contribution in [0.25, 0.3) is 0 Å². The van der Waals surface area contributed by atoms with Crippen molar-refractivity contribution in [2.24, 2.45) is 0 Å². The molecule has 4 nitrogen and oxygen atoms in total. The van der Waals surface area contributed by atoms with Crippen LogP contribution >= 0.6 is 0 Å². The average molecular weight is 252 g/mol. The molecule has 0 unspecified atom stereocenters. The van der Waals surface area contributed by atoms with Crippen LogP contribution in [0.2, 0.25) is 0 Å². The lowest BCUT2D eigenvalue weighted by atomic mass is 10.0. The third kappa shape index (κ3) is 1.53. The number of benzene rings is 2. The highest BCUT2D eigenvalue weighted by molar-refractivity contribution is 5.72. The number of hydrogen-bond donors (Lipinski definition) is 2. The van der Waals surface area contributed by atoms with Crippen LogP contribution in [0.5, 0.6) is 0 Å². The number of rotatable bonds is 0. The van der Waals surface area contributed by atoms with Gasteiger partial charge in [0.15, 0.2) is 0 Å². The molecule has 2 heterocycles. The first-order valence-electron chi connectivity index (χ1n) is 6.47. The minimum atomic E-state index is 0.829. The molecule has 2 aliphatic heterocycles. The molecule has 4 heteroatoms. The molecular weight excluding hydrogens is 236 g/mol. The smallest absolute Gasteiger partial charge is 0.0910 e. The van der Waals surface area contributed by atoms with Gasteiger partial charge in [0.2, 0.25) is 0 Å².